The lowest BCUT2D eigenvalue weighted by atomic mass is 10.0. The monoisotopic (exact) mass is 185 g/mol. The minimum atomic E-state index is -0.0394. The molecule has 0 aromatic carbocycles. The fourth-order valence-corrected chi connectivity index (χ4v) is 1.20. The predicted molar refractivity (Wildman–Crippen MR) is 53.0 cm³/mol. The van der Waals surface area contributed by atoms with Gasteiger partial charge in [-0.25, -0.2) is 5.06 Å². The number of amides is 1. The molecule has 3 heteroatoms. The lowest BCUT2D eigenvalue weighted by Gasteiger charge is -2.20. The van der Waals surface area contributed by atoms with Crippen molar-refractivity contribution in [3.8, 4) is 0 Å². The van der Waals surface area contributed by atoms with Crippen LogP contribution in [-0.2, 0) is 9.63 Å². The molecular formula is C10H19NO2. The van der Waals surface area contributed by atoms with Crippen LogP contribution in [0.25, 0.3) is 0 Å². The normalized spacial score (nSPS) is 12.0. The van der Waals surface area contributed by atoms with Gasteiger partial charge in [0.25, 0.3) is 5.91 Å². The Morgan fingerprint density at radius 1 is 1.54 bits per heavy atom. The second-order valence-electron chi connectivity index (χ2n) is 3.08. The Kier molecular flexibility index (Phi) is 5.39. The lowest BCUT2D eigenvalue weighted by Crippen LogP contribution is -2.32. The highest BCUT2D eigenvalue weighted by Crippen LogP contribution is 2.12. The summed E-state index contributed by atoms with van der Waals surface area (Å²) in [5, 5.41) is 1.36. The summed E-state index contributed by atoms with van der Waals surface area (Å²) in [5.74, 6) is 0.198. The Balaban J connectivity index is 4.55. The minimum absolute atomic E-state index is 0.0394. The fourth-order valence-electron chi connectivity index (χ4n) is 1.20. The van der Waals surface area contributed by atoms with E-state index in [0.717, 1.165) is 5.57 Å². The number of hydrogen-bond acceptors (Lipinski definition) is 2. The average Bonchev–Trinajstić information content (AvgIpc) is 2.07. The molecule has 1 amide bonds. The van der Waals surface area contributed by atoms with Crippen LogP contribution in [0.15, 0.2) is 11.6 Å². The molecule has 3 nitrogen and oxygen atoms in total. The summed E-state index contributed by atoms with van der Waals surface area (Å²) in [7, 11) is 1.51. The summed E-state index contributed by atoms with van der Waals surface area (Å²) in [6.45, 7) is 8.32. The van der Waals surface area contributed by atoms with Crippen LogP contribution in [0.5, 0.6) is 0 Å². The minimum Gasteiger partial charge on any atom is -0.274 e. The molecule has 0 aliphatic rings. The van der Waals surface area contributed by atoms with Gasteiger partial charge in [0.15, 0.2) is 0 Å². The van der Waals surface area contributed by atoms with Crippen LogP contribution >= 0.6 is 0 Å². The van der Waals surface area contributed by atoms with Crippen LogP contribution in [0, 0.1) is 5.92 Å². The van der Waals surface area contributed by atoms with Crippen LogP contribution in [-0.4, -0.2) is 24.6 Å². The summed E-state index contributed by atoms with van der Waals surface area (Å²) in [5.41, 5.74) is 0.795. The van der Waals surface area contributed by atoms with E-state index in [-0.39, 0.29) is 11.8 Å². The summed E-state index contributed by atoms with van der Waals surface area (Å²) in [6.07, 6.45) is 1.84. The first-order chi connectivity index (χ1) is 6.08. The number of carbonyl (C=O) groups excluding carboxylic acids is 1. The van der Waals surface area contributed by atoms with Crippen LogP contribution in [0.3, 0.4) is 0 Å². The standard InChI is InChI=1S/C10H19NO2/c1-6-9(8(3)4)10(12)11(7-2)13-5/h6,8H,7H2,1-5H3/b9-6+. The van der Waals surface area contributed by atoms with Crippen molar-refractivity contribution in [1.29, 1.82) is 0 Å². The summed E-state index contributed by atoms with van der Waals surface area (Å²) >= 11 is 0. The molecule has 0 fully saturated rings. The van der Waals surface area contributed by atoms with Crippen molar-refractivity contribution < 1.29 is 9.63 Å². The topological polar surface area (TPSA) is 29.5 Å². The highest BCUT2D eigenvalue weighted by molar-refractivity contribution is 5.92. The molecule has 0 aromatic heterocycles. The maximum atomic E-state index is 11.7. The maximum absolute atomic E-state index is 11.7. The molecule has 0 atom stereocenters. The van der Waals surface area contributed by atoms with Crippen molar-refractivity contribution >= 4 is 5.91 Å². The van der Waals surface area contributed by atoms with Gasteiger partial charge in [0.2, 0.25) is 0 Å². The molecule has 13 heavy (non-hydrogen) atoms. The SMILES string of the molecule is C/C=C(/C(=O)N(CC)OC)C(C)C. The molecule has 0 N–H and O–H groups in total. The van der Waals surface area contributed by atoms with Gasteiger partial charge < -0.3 is 0 Å². The molecule has 0 aliphatic heterocycles. The van der Waals surface area contributed by atoms with E-state index < -0.39 is 0 Å². The number of hydrogen-bond donors (Lipinski definition) is 0. The average molecular weight is 185 g/mol. The molecule has 0 saturated carbocycles. The summed E-state index contributed by atoms with van der Waals surface area (Å²) in [4.78, 5) is 16.6. The molecule has 0 bridgehead atoms. The van der Waals surface area contributed by atoms with E-state index in [9.17, 15) is 4.79 Å². The third-order valence-electron chi connectivity index (χ3n) is 1.91. The molecule has 0 unspecified atom stereocenters. The Morgan fingerprint density at radius 3 is 2.31 bits per heavy atom. The molecule has 0 spiro atoms. The third kappa shape index (κ3) is 3.19. The number of nitrogens with zero attached hydrogens (tertiary/aromatic N) is 1. The first kappa shape index (κ1) is 12.2. The van der Waals surface area contributed by atoms with Gasteiger partial charge in [0, 0.05) is 12.1 Å². The van der Waals surface area contributed by atoms with Gasteiger partial charge in [0.1, 0.15) is 0 Å². The van der Waals surface area contributed by atoms with Gasteiger partial charge in [-0.3, -0.25) is 9.63 Å². The number of hydroxylamine groups is 2. The largest absolute Gasteiger partial charge is 0.274 e. The quantitative estimate of drug-likeness (QED) is 0.495. The van der Waals surface area contributed by atoms with E-state index in [1.165, 1.54) is 12.2 Å². The molecule has 0 aliphatic carbocycles. The van der Waals surface area contributed by atoms with E-state index in [2.05, 4.69) is 0 Å². The maximum Gasteiger partial charge on any atom is 0.273 e. The molecule has 0 radical (unpaired) electrons. The van der Waals surface area contributed by atoms with E-state index in [0.29, 0.717) is 6.54 Å². The van der Waals surface area contributed by atoms with E-state index in [1.54, 1.807) is 0 Å². The second-order valence-corrected chi connectivity index (χ2v) is 3.08. The van der Waals surface area contributed by atoms with E-state index >= 15 is 0 Å². The van der Waals surface area contributed by atoms with Gasteiger partial charge in [-0.2, -0.15) is 0 Å². The van der Waals surface area contributed by atoms with Gasteiger partial charge in [-0.15, -0.1) is 0 Å². The Bertz CT molecular complexity index is 193. The summed E-state index contributed by atoms with van der Waals surface area (Å²) < 4.78 is 0. The lowest BCUT2D eigenvalue weighted by molar-refractivity contribution is -0.170. The Morgan fingerprint density at radius 2 is 2.08 bits per heavy atom. The first-order valence-corrected chi connectivity index (χ1v) is 4.60. The van der Waals surface area contributed by atoms with Gasteiger partial charge in [0.05, 0.1) is 7.11 Å². The van der Waals surface area contributed by atoms with Gasteiger partial charge >= 0.3 is 0 Å². The first-order valence-electron chi connectivity index (χ1n) is 4.60. The van der Waals surface area contributed by atoms with Crippen molar-refractivity contribution in [3.05, 3.63) is 11.6 Å². The highest BCUT2D eigenvalue weighted by Gasteiger charge is 2.18. The van der Waals surface area contributed by atoms with Gasteiger partial charge in [-0.1, -0.05) is 19.9 Å². The van der Waals surface area contributed by atoms with Crippen LogP contribution in [0.4, 0.5) is 0 Å². The van der Waals surface area contributed by atoms with Gasteiger partial charge in [-0.05, 0) is 19.8 Å². The smallest absolute Gasteiger partial charge is 0.273 e. The van der Waals surface area contributed by atoms with Crippen molar-refractivity contribution in [1.82, 2.24) is 5.06 Å². The highest BCUT2D eigenvalue weighted by atomic mass is 16.7. The van der Waals surface area contributed by atoms with Crippen molar-refractivity contribution in [2.24, 2.45) is 5.92 Å². The predicted octanol–water partition coefficient (Wildman–Crippen LogP) is 2.00. The van der Waals surface area contributed by atoms with Crippen LogP contribution < -0.4 is 0 Å². The van der Waals surface area contributed by atoms with E-state index in [1.807, 2.05) is 33.8 Å². The Labute approximate surface area is 80.3 Å². The van der Waals surface area contributed by atoms with E-state index in [4.69, 9.17) is 4.84 Å². The number of allylic oxidation sites excluding steroid dienone is 1. The van der Waals surface area contributed by atoms with Crippen LogP contribution in [0.1, 0.15) is 27.7 Å². The molecule has 0 saturated heterocycles. The molecule has 76 valence electrons. The number of likely N-dealkylation sites (N-methyl/N-ethyl adjacent to an activating group) is 1. The van der Waals surface area contributed by atoms with Crippen molar-refractivity contribution in [2.45, 2.75) is 27.7 Å². The fraction of sp³-hybridized carbons (Fsp3) is 0.700. The van der Waals surface area contributed by atoms with Crippen molar-refractivity contribution in [3.63, 3.8) is 0 Å². The zero-order valence-electron chi connectivity index (χ0n) is 9.13. The third-order valence-corrected chi connectivity index (χ3v) is 1.91. The Hall–Kier alpha value is -0.830. The molecule has 0 heterocycles. The van der Waals surface area contributed by atoms with Crippen LogP contribution in [0.2, 0.25) is 0 Å². The number of rotatable bonds is 4. The molecule has 0 rings (SSSR count). The van der Waals surface area contributed by atoms with Crippen molar-refractivity contribution in [2.75, 3.05) is 13.7 Å². The second kappa shape index (κ2) is 5.75. The summed E-state index contributed by atoms with van der Waals surface area (Å²) in [6, 6.07) is 0. The molecular weight excluding hydrogens is 166 g/mol. The number of carbonyl (C=O) groups is 1. The zero-order valence-corrected chi connectivity index (χ0v) is 9.13. The zero-order chi connectivity index (χ0) is 10.4. The molecule has 0 aromatic rings.